The van der Waals surface area contributed by atoms with Crippen LogP contribution in [0.2, 0.25) is 0 Å². The summed E-state index contributed by atoms with van der Waals surface area (Å²) in [6, 6.07) is 1.61. The van der Waals surface area contributed by atoms with Crippen molar-refractivity contribution in [1.82, 2.24) is 4.98 Å². The van der Waals surface area contributed by atoms with Crippen molar-refractivity contribution in [2.45, 2.75) is 13.3 Å². The molecule has 0 fully saturated rings. The molecule has 17 heavy (non-hydrogen) atoms. The van der Waals surface area contributed by atoms with E-state index in [0.29, 0.717) is 17.7 Å². The number of primary amides is 1. The van der Waals surface area contributed by atoms with Crippen LogP contribution in [0.1, 0.15) is 29.3 Å². The summed E-state index contributed by atoms with van der Waals surface area (Å²) in [5.74, 6) is -0.819. The van der Waals surface area contributed by atoms with Crippen LogP contribution in [0.25, 0.3) is 6.08 Å². The number of carbonyl (C=O) groups excluding carboxylic acids is 2. The first kappa shape index (κ1) is 12.9. The fraction of sp³-hybridized carbons (Fsp3) is 0.250. The number of pyridine rings is 1. The van der Waals surface area contributed by atoms with Crippen molar-refractivity contribution in [2.24, 2.45) is 5.73 Å². The smallest absolute Gasteiger partial charge is 0.309 e. The molecule has 0 radical (unpaired) electrons. The Morgan fingerprint density at radius 3 is 2.88 bits per heavy atom. The zero-order valence-electron chi connectivity index (χ0n) is 9.55. The molecule has 1 heterocycles. The average molecular weight is 234 g/mol. The third-order valence-corrected chi connectivity index (χ3v) is 1.94. The summed E-state index contributed by atoms with van der Waals surface area (Å²) in [6.07, 6.45) is 6.50. The molecule has 5 nitrogen and oxygen atoms in total. The third kappa shape index (κ3) is 4.46. The molecule has 2 N–H and O–H groups in total. The highest BCUT2D eigenvalue weighted by Gasteiger charge is 2.00. The molecule has 0 saturated carbocycles. The van der Waals surface area contributed by atoms with Gasteiger partial charge in [-0.05, 0) is 18.6 Å². The van der Waals surface area contributed by atoms with Crippen molar-refractivity contribution in [3.63, 3.8) is 0 Å². The maximum atomic E-state index is 11.0. The maximum absolute atomic E-state index is 11.0. The largest absolute Gasteiger partial charge is 0.466 e. The maximum Gasteiger partial charge on any atom is 0.309 e. The minimum absolute atomic E-state index is 0.189. The van der Waals surface area contributed by atoms with Gasteiger partial charge in [0, 0.05) is 12.4 Å². The van der Waals surface area contributed by atoms with Crippen LogP contribution < -0.4 is 5.73 Å². The molecule has 0 saturated heterocycles. The molecule has 1 amide bonds. The van der Waals surface area contributed by atoms with Gasteiger partial charge < -0.3 is 10.5 Å². The Morgan fingerprint density at radius 1 is 1.47 bits per heavy atom. The Labute approximate surface area is 99.3 Å². The zero-order chi connectivity index (χ0) is 12.7. The van der Waals surface area contributed by atoms with Crippen LogP contribution in [0.3, 0.4) is 0 Å². The summed E-state index contributed by atoms with van der Waals surface area (Å²) in [5.41, 5.74) is 6.17. The van der Waals surface area contributed by atoms with E-state index >= 15 is 0 Å². The first-order valence-corrected chi connectivity index (χ1v) is 5.20. The number of ether oxygens (including phenoxy) is 1. The number of rotatable bonds is 5. The molecule has 1 aromatic rings. The molecule has 0 aliphatic rings. The Bertz CT molecular complexity index is 441. The standard InChI is InChI=1S/C12H14N2O3/c1-2-17-11(15)5-3-4-9-6-10(12(13)16)8-14-7-9/h3-4,6-8H,2,5H2,1H3,(H2,13,16). The lowest BCUT2D eigenvalue weighted by Crippen LogP contribution is -2.11. The van der Waals surface area contributed by atoms with Crippen LogP contribution in [0.4, 0.5) is 0 Å². The number of esters is 1. The Morgan fingerprint density at radius 2 is 2.24 bits per heavy atom. The van der Waals surface area contributed by atoms with Crippen LogP contribution in [0.5, 0.6) is 0 Å². The second-order valence-electron chi connectivity index (χ2n) is 3.28. The Hall–Kier alpha value is -2.17. The SMILES string of the molecule is CCOC(=O)CC=Cc1cncc(C(N)=O)c1. The van der Waals surface area contributed by atoms with Gasteiger partial charge in [-0.25, -0.2) is 0 Å². The first-order valence-electron chi connectivity index (χ1n) is 5.20. The third-order valence-electron chi connectivity index (χ3n) is 1.94. The minimum atomic E-state index is -0.529. The molecule has 0 atom stereocenters. The molecule has 0 unspecified atom stereocenters. The van der Waals surface area contributed by atoms with Crippen molar-refractivity contribution in [1.29, 1.82) is 0 Å². The van der Waals surface area contributed by atoms with E-state index in [4.69, 9.17) is 10.5 Å². The summed E-state index contributed by atoms with van der Waals surface area (Å²) in [7, 11) is 0. The molecule has 90 valence electrons. The van der Waals surface area contributed by atoms with E-state index < -0.39 is 5.91 Å². The van der Waals surface area contributed by atoms with Gasteiger partial charge in [0.2, 0.25) is 5.91 Å². The zero-order valence-corrected chi connectivity index (χ0v) is 9.55. The first-order chi connectivity index (χ1) is 8.13. The van der Waals surface area contributed by atoms with Crippen molar-refractivity contribution in [2.75, 3.05) is 6.61 Å². The van der Waals surface area contributed by atoms with Crippen molar-refractivity contribution in [3.8, 4) is 0 Å². The molecule has 5 heteroatoms. The van der Waals surface area contributed by atoms with Crippen LogP contribution in [-0.4, -0.2) is 23.5 Å². The van der Waals surface area contributed by atoms with Crippen molar-refractivity contribution < 1.29 is 14.3 Å². The molecule has 0 aliphatic heterocycles. The summed E-state index contributed by atoms with van der Waals surface area (Å²) in [4.78, 5) is 25.8. The summed E-state index contributed by atoms with van der Waals surface area (Å²) < 4.78 is 4.76. The van der Waals surface area contributed by atoms with E-state index in [1.165, 1.54) is 6.20 Å². The van der Waals surface area contributed by atoms with Crippen LogP contribution >= 0.6 is 0 Å². The van der Waals surface area contributed by atoms with Crippen molar-refractivity contribution in [3.05, 3.63) is 35.7 Å². The summed E-state index contributed by atoms with van der Waals surface area (Å²) in [5, 5.41) is 0. The molecule has 0 aliphatic carbocycles. The molecular formula is C12H14N2O3. The number of carbonyl (C=O) groups is 2. The number of aromatic nitrogens is 1. The van der Waals surface area contributed by atoms with Gasteiger partial charge in [-0.2, -0.15) is 0 Å². The van der Waals surface area contributed by atoms with E-state index in [9.17, 15) is 9.59 Å². The molecule has 0 spiro atoms. The lowest BCUT2D eigenvalue weighted by atomic mass is 10.2. The molecule has 1 rings (SSSR count). The number of amides is 1. The van der Waals surface area contributed by atoms with Gasteiger partial charge in [0.1, 0.15) is 0 Å². The van der Waals surface area contributed by atoms with Crippen LogP contribution in [0, 0.1) is 0 Å². The van der Waals surface area contributed by atoms with Gasteiger partial charge >= 0.3 is 5.97 Å². The monoisotopic (exact) mass is 234 g/mol. The second-order valence-corrected chi connectivity index (χ2v) is 3.28. The topological polar surface area (TPSA) is 82.3 Å². The Balaban J connectivity index is 2.62. The quantitative estimate of drug-likeness (QED) is 0.774. The number of hydrogen-bond donors (Lipinski definition) is 1. The Kier molecular flexibility index (Phi) is 4.87. The second kappa shape index (κ2) is 6.42. The number of hydrogen-bond acceptors (Lipinski definition) is 4. The fourth-order valence-corrected chi connectivity index (χ4v) is 1.19. The molecule has 1 aromatic heterocycles. The van der Waals surface area contributed by atoms with E-state index in [0.717, 1.165) is 0 Å². The minimum Gasteiger partial charge on any atom is -0.466 e. The van der Waals surface area contributed by atoms with Crippen LogP contribution in [-0.2, 0) is 9.53 Å². The lowest BCUT2D eigenvalue weighted by Gasteiger charge is -1.98. The lowest BCUT2D eigenvalue weighted by molar-refractivity contribution is -0.142. The molecular weight excluding hydrogens is 220 g/mol. The van der Waals surface area contributed by atoms with E-state index in [1.807, 2.05) is 0 Å². The highest BCUT2D eigenvalue weighted by atomic mass is 16.5. The summed E-state index contributed by atoms with van der Waals surface area (Å²) in [6.45, 7) is 2.12. The summed E-state index contributed by atoms with van der Waals surface area (Å²) >= 11 is 0. The highest BCUT2D eigenvalue weighted by Crippen LogP contribution is 2.05. The number of nitrogens with zero attached hydrogens (tertiary/aromatic N) is 1. The van der Waals surface area contributed by atoms with Gasteiger partial charge in [0.15, 0.2) is 0 Å². The van der Waals surface area contributed by atoms with Gasteiger partial charge in [0.05, 0.1) is 18.6 Å². The van der Waals surface area contributed by atoms with E-state index in [1.54, 1.807) is 31.3 Å². The fourth-order valence-electron chi connectivity index (χ4n) is 1.19. The van der Waals surface area contributed by atoms with E-state index in [2.05, 4.69) is 4.98 Å². The van der Waals surface area contributed by atoms with Crippen LogP contribution in [0.15, 0.2) is 24.5 Å². The predicted octanol–water partition coefficient (Wildman–Crippen LogP) is 1.15. The van der Waals surface area contributed by atoms with Crippen molar-refractivity contribution >= 4 is 18.0 Å². The highest BCUT2D eigenvalue weighted by molar-refractivity contribution is 5.92. The molecule has 0 aromatic carbocycles. The number of nitrogens with two attached hydrogens (primary N) is 1. The van der Waals surface area contributed by atoms with Gasteiger partial charge in [-0.3, -0.25) is 14.6 Å². The average Bonchev–Trinajstić information content (AvgIpc) is 2.30. The van der Waals surface area contributed by atoms with Gasteiger partial charge in [0.25, 0.3) is 0 Å². The van der Waals surface area contributed by atoms with Gasteiger partial charge in [-0.15, -0.1) is 0 Å². The predicted molar refractivity (Wildman–Crippen MR) is 63.0 cm³/mol. The molecule has 0 bridgehead atoms. The normalized spacial score (nSPS) is 10.4. The van der Waals surface area contributed by atoms with Gasteiger partial charge in [-0.1, -0.05) is 12.2 Å². The van der Waals surface area contributed by atoms with E-state index in [-0.39, 0.29) is 12.4 Å².